The van der Waals surface area contributed by atoms with Crippen LogP contribution in [0.2, 0.25) is 0 Å². The predicted octanol–water partition coefficient (Wildman–Crippen LogP) is 4.51. The Morgan fingerprint density at radius 1 is 1.17 bits per heavy atom. The molecule has 1 amide bonds. The van der Waals surface area contributed by atoms with Crippen molar-refractivity contribution in [2.45, 2.75) is 32.6 Å². The van der Waals surface area contributed by atoms with E-state index in [1.165, 1.54) is 0 Å². The molecule has 152 valence electrons. The van der Waals surface area contributed by atoms with Crippen molar-refractivity contribution in [3.05, 3.63) is 65.7 Å². The van der Waals surface area contributed by atoms with Gasteiger partial charge in [-0.05, 0) is 17.2 Å². The molecule has 0 fully saturated rings. The molecular weight excluding hydrogens is 380 g/mol. The van der Waals surface area contributed by atoms with Crippen molar-refractivity contribution in [1.29, 1.82) is 0 Å². The Bertz CT molecular complexity index is 1210. The first-order valence-electron chi connectivity index (χ1n) is 9.62. The number of amides is 1. The van der Waals surface area contributed by atoms with Gasteiger partial charge in [-0.25, -0.2) is 4.98 Å². The van der Waals surface area contributed by atoms with Crippen molar-refractivity contribution in [2.24, 2.45) is 0 Å². The highest BCUT2D eigenvalue weighted by Crippen LogP contribution is 2.26. The Hall–Kier alpha value is -3.74. The van der Waals surface area contributed by atoms with Crippen molar-refractivity contribution in [3.8, 4) is 11.1 Å². The summed E-state index contributed by atoms with van der Waals surface area (Å²) >= 11 is 0. The number of aromatic nitrogens is 3. The van der Waals surface area contributed by atoms with Crippen LogP contribution in [0.4, 0.5) is 5.82 Å². The Morgan fingerprint density at radius 2 is 1.93 bits per heavy atom. The minimum absolute atomic E-state index is 0.164. The van der Waals surface area contributed by atoms with Crippen molar-refractivity contribution in [3.63, 3.8) is 0 Å². The molecule has 7 heteroatoms. The lowest BCUT2D eigenvalue weighted by molar-refractivity contribution is -0.115. The number of nitrogens with zero attached hydrogens (tertiary/aromatic N) is 2. The van der Waals surface area contributed by atoms with Gasteiger partial charge in [0.15, 0.2) is 12.1 Å². The van der Waals surface area contributed by atoms with Gasteiger partial charge in [-0.15, -0.1) is 0 Å². The second-order valence-corrected chi connectivity index (χ2v) is 8.23. The summed E-state index contributed by atoms with van der Waals surface area (Å²) in [4.78, 5) is 30.9. The SMILES string of the molecule is CC(C)(C)c1cc(NC(=O)Cc2ccc(-c3cnc4[nH]cc(C=O)c4c3)cc2)no1. The van der Waals surface area contributed by atoms with Gasteiger partial charge in [0.1, 0.15) is 11.4 Å². The highest BCUT2D eigenvalue weighted by molar-refractivity contribution is 5.97. The van der Waals surface area contributed by atoms with Crippen LogP contribution >= 0.6 is 0 Å². The van der Waals surface area contributed by atoms with Crippen LogP contribution in [-0.2, 0) is 16.6 Å². The third-order valence-corrected chi connectivity index (χ3v) is 4.86. The number of hydrogen-bond acceptors (Lipinski definition) is 5. The number of hydrogen-bond donors (Lipinski definition) is 2. The van der Waals surface area contributed by atoms with Crippen LogP contribution in [0, 0.1) is 0 Å². The third-order valence-electron chi connectivity index (χ3n) is 4.86. The van der Waals surface area contributed by atoms with Crippen molar-refractivity contribution in [2.75, 3.05) is 5.32 Å². The minimum Gasteiger partial charge on any atom is -0.359 e. The maximum Gasteiger partial charge on any atom is 0.230 e. The first kappa shape index (κ1) is 19.6. The number of rotatable bonds is 5. The fourth-order valence-electron chi connectivity index (χ4n) is 3.15. The number of nitrogens with one attached hydrogen (secondary N) is 2. The van der Waals surface area contributed by atoms with Gasteiger partial charge in [-0.1, -0.05) is 50.2 Å². The normalized spacial score (nSPS) is 11.6. The van der Waals surface area contributed by atoms with Gasteiger partial charge >= 0.3 is 0 Å². The van der Waals surface area contributed by atoms with Crippen LogP contribution in [0.3, 0.4) is 0 Å². The van der Waals surface area contributed by atoms with Crippen molar-refractivity contribution in [1.82, 2.24) is 15.1 Å². The van der Waals surface area contributed by atoms with Crippen LogP contribution in [-0.4, -0.2) is 27.3 Å². The molecule has 0 atom stereocenters. The number of aldehydes is 1. The molecule has 7 nitrogen and oxygen atoms in total. The zero-order valence-electron chi connectivity index (χ0n) is 17.0. The molecule has 0 spiro atoms. The molecule has 4 rings (SSSR count). The van der Waals surface area contributed by atoms with Crippen LogP contribution in [0.1, 0.15) is 42.5 Å². The number of pyridine rings is 1. The van der Waals surface area contributed by atoms with E-state index >= 15 is 0 Å². The van der Waals surface area contributed by atoms with E-state index in [2.05, 4.69) is 20.4 Å². The molecule has 0 saturated carbocycles. The number of carbonyl (C=O) groups is 2. The molecule has 1 aromatic carbocycles. The van der Waals surface area contributed by atoms with Crippen LogP contribution in [0.5, 0.6) is 0 Å². The molecule has 0 unspecified atom stereocenters. The first-order valence-corrected chi connectivity index (χ1v) is 9.62. The van der Waals surface area contributed by atoms with Crippen LogP contribution in [0.25, 0.3) is 22.2 Å². The lowest BCUT2D eigenvalue weighted by atomic mass is 9.93. The highest BCUT2D eigenvalue weighted by Gasteiger charge is 2.20. The number of anilines is 1. The summed E-state index contributed by atoms with van der Waals surface area (Å²) in [5.41, 5.74) is 3.82. The molecule has 0 aliphatic heterocycles. The topological polar surface area (TPSA) is 101 Å². The largest absolute Gasteiger partial charge is 0.359 e. The number of H-pyrrole nitrogens is 1. The average molecular weight is 402 g/mol. The summed E-state index contributed by atoms with van der Waals surface area (Å²) in [6, 6.07) is 11.4. The fourth-order valence-corrected chi connectivity index (χ4v) is 3.15. The maximum absolute atomic E-state index is 12.3. The zero-order valence-corrected chi connectivity index (χ0v) is 17.0. The second-order valence-electron chi connectivity index (χ2n) is 8.23. The first-order chi connectivity index (χ1) is 14.3. The van der Waals surface area contributed by atoms with Crippen molar-refractivity contribution >= 4 is 29.0 Å². The Balaban J connectivity index is 1.45. The van der Waals surface area contributed by atoms with Gasteiger partial charge in [0.25, 0.3) is 0 Å². The lowest BCUT2D eigenvalue weighted by Crippen LogP contribution is -2.14. The standard InChI is InChI=1S/C23H22N4O3/c1-23(2,3)19-10-20(27-30-19)26-21(29)8-14-4-6-15(7-5-14)16-9-18-17(13-28)12-25-22(18)24-11-16/h4-7,9-13H,8H2,1-3H3,(H,24,25)(H,26,27,29). The molecule has 0 radical (unpaired) electrons. The third kappa shape index (κ3) is 4.00. The smallest absolute Gasteiger partial charge is 0.230 e. The van der Waals surface area contributed by atoms with E-state index in [9.17, 15) is 9.59 Å². The second kappa shape index (κ2) is 7.59. The average Bonchev–Trinajstić information content (AvgIpc) is 3.34. The van der Waals surface area contributed by atoms with Gasteiger partial charge in [-0.2, -0.15) is 0 Å². The highest BCUT2D eigenvalue weighted by atomic mass is 16.5. The minimum atomic E-state index is -0.170. The van der Waals surface area contributed by atoms with Crippen LogP contribution < -0.4 is 5.32 Å². The monoisotopic (exact) mass is 402 g/mol. The van der Waals surface area contributed by atoms with E-state index < -0.39 is 0 Å². The molecule has 30 heavy (non-hydrogen) atoms. The maximum atomic E-state index is 12.3. The van der Waals surface area contributed by atoms with Gasteiger partial charge in [0.2, 0.25) is 5.91 Å². The molecule has 4 aromatic rings. The molecule has 0 bridgehead atoms. The molecule has 3 heterocycles. The summed E-state index contributed by atoms with van der Waals surface area (Å²) in [6.07, 6.45) is 4.44. The van der Waals surface area contributed by atoms with E-state index in [-0.39, 0.29) is 17.7 Å². The summed E-state index contributed by atoms with van der Waals surface area (Å²) in [7, 11) is 0. The van der Waals surface area contributed by atoms with Crippen LogP contribution in [0.15, 0.2) is 53.3 Å². The summed E-state index contributed by atoms with van der Waals surface area (Å²) < 4.78 is 5.29. The van der Waals surface area contributed by atoms with E-state index in [0.29, 0.717) is 22.8 Å². The Kier molecular flexibility index (Phi) is 4.95. The van der Waals surface area contributed by atoms with Crippen molar-refractivity contribution < 1.29 is 14.1 Å². The van der Waals surface area contributed by atoms with Gasteiger partial charge in [0, 0.05) is 40.4 Å². The number of benzene rings is 1. The van der Waals surface area contributed by atoms with E-state index in [1.54, 1.807) is 18.5 Å². The van der Waals surface area contributed by atoms with E-state index in [4.69, 9.17) is 4.52 Å². The molecule has 0 saturated heterocycles. The van der Waals surface area contributed by atoms with E-state index in [0.717, 1.165) is 28.4 Å². The predicted molar refractivity (Wildman–Crippen MR) is 114 cm³/mol. The molecule has 2 N–H and O–H groups in total. The Morgan fingerprint density at radius 3 is 2.60 bits per heavy atom. The molecular formula is C23H22N4O3. The summed E-state index contributed by atoms with van der Waals surface area (Å²) in [6.45, 7) is 6.05. The molecule has 0 aliphatic carbocycles. The van der Waals surface area contributed by atoms with Gasteiger partial charge in [0.05, 0.1) is 6.42 Å². The number of fused-ring (bicyclic) bond motifs is 1. The molecule has 3 aromatic heterocycles. The van der Waals surface area contributed by atoms with Gasteiger partial charge < -0.3 is 14.8 Å². The quantitative estimate of drug-likeness (QED) is 0.478. The van der Waals surface area contributed by atoms with E-state index in [1.807, 2.05) is 51.1 Å². The number of aromatic amines is 1. The number of carbonyl (C=O) groups excluding carboxylic acids is 2. The summed E-state index contributed by atoms with van der Waals surface area (Å²) in [5, 5.41) is 7.47. The summed E-state index contributed by atoms with van der Waals surface area (Å²) in [5.74, 6) is 0.967. The lowest BCUT2D eigenvalue weighted by Gasteiger charge is -2.12. The molecule has 0 aliphatic rings. The fraction of sp³-hybridized carbons (Fsp3) is 0.217. The Labute approximate surface area is 173 Å². The van der Waals surface area contributed by atoms with Gasteiger partial charge in [-0.3, -0.25) is 9.59 Å². The zero-order chi connectivity index (χ0) is 21.3.